The lowest BCUT2D eigenvalue weighted by molar-refractivity contribution is 0.0635. The quantitative estimate of drug-likeness (QED) is 0.758. The van der Waals surface area contributed by atoms with Crippen molar-refractivity contribution in [3.05, 3.63) is 18.2 Å². The first-order chi connectivity index (χ1) is 8.35. The highest BCUT2D eigenvalue weighted by Crippen LogP contribution is 2.25. The number of carbonyl (C=O) groups excluding carboxylic acids is 1. The van der Waals surface area contributed by atoms with E-state index in [2.05, 4.69) is 10.5 Å². The maximum atomic E-state index is 11.6. The number of hydrogen-bond donors (Lipinski definition) is 2. The highest BCUT2D eigenvalue weighted by atomic mass is 16.6. The van der Waals surface area contributed by atoms with Gasteiger partial charge in [0.15, 0.2) is 11.4 Å². The molecule has 3 N–H and O–H groups in total. The van der Waals surface area contributed by atoms with Crippen molar-refractivity contribution in [3.8, 4) is 0 Å². The summed E-state index contributed by atoms with van der Waals surface area (Å²) in [5.74, 6) is 0.319. The molecule has 0 aliphatic carbocycles. The molecule has 6 heteroatoms. The van der Waals surface area contributed by atoms with Gasteiger partial charge in [-0.3, -0.25) is 5.32 Å². The van der Waals surface area contributed by atoms with Crippen molar-refractivity contribution in [3.63, 3.8) is 0 Å². The zero-order valence-corrected chi connectivity index (χ0v) is 10.5. The number of nitrogens with two attached hydrogens (primary N) is 1. The van der Waals surface area contributed by atoms with E-state index in [0.717, 1.165) is 0 Å². The first-order valence-electron chi connectivity index (χ1n) is 5.50. The van der Waals surface area contributed by atoms with Crippen LogP contribution in [0.2, 0.25) is 0 Å². The minimum absolute atomic E-state index is 0.319. The molecule has 18 heavy (non-hydrogen) atoms. The molecule has 0 fully saturated rings. The number of carbonyl (C=O) groups is 1. The molecule has 6 nitrogen and oxygen atoms in total. The number of fused-ring (bicyclic) bond motifs is 1. The van der Waals surface area contributed by atoms with E-state index in [0.29, 0.717) is 22.5 Å². The molecule has 0 spiro atoms. The molecule has 1 heterocycles. The van der Waals surface area contributed by atoms with E-state index in [1.54, 1.807) is 39.0 Å². The molecule has 0 atom stereocenters. The van der Waals surface area contributed by atoms with E-state index >= 15 is 0 Å². The van der Waals surface area contributed by atoms with Crippen LogP contribution in [0.25, 0.3) is 11.0 Å². The van der Waals surface area contributed by atoms with Crippen LogP contribution in [-0.4, -0.2) is 16.9 Å². The highest BCUT2D eigenvalue weighted by Gasteiger charge is 2.18. The van der Waals surface area contributed by atoms with Gasteiger partial charge in [0.25, 0.3) is 0 Å². The molecular weight excluding hydrogens is 234 g/mol. The molecule has 0 bridgehead atoms. The van der Waals surface area contributed by atoms with Crippen LogP contribution in [0.5, 0.6) is 0 Å². The molecular formula is C12H15N3O3. The molecule has 2 aromatic rings. The molecule has 2 rings (SSSR count). The van der Waals surface area contributed by atoms with Crippen LogP contribution in [0, 0.1) is 0 Å². The summed E-state index contributed by atoms with van der Waals surface area (Å²) >= 11 is 0. The number of aromatic nitrogens is 1. The number of anilines is 2. The maximum Gasteiger partial charge on any atom is 0.413 e. The number of hydrogen-bond acceptors (Lipinski definition) is 5. The lowest BCUT2D eigenvalue weighted by atomic mass is 10.2. The largest absolute Gasteiger partial charge is 0.444 e. The Morgan fingerprint density at radius 2 is 2.17 bits per heavy atom. The Hall–Kier alpha value is -2.24. The summed E-state index contributed by atoms with van der Waals surface area (Å²) < 4.78 is 10.2. The molecule has 1 amide bonds. The van der Waals surface area contributed by atoms with Gasteiger partial charge in [0.05, 0.1) is 5.39 Å². The van der Waals surface area contributed by atoms with Crippen molar-refractivity contribution in [2.45, 2.75) is 26.4 Å². The molecule has 1 aromatic carbocycles. The van der Waals surface area contributed by atoms with Crippen molar-refractivity contribution in [2.24, 2.45) is 0 Å². The van der Waals surface area contributed by atoms with Crippen molar-refractivity contribution >= 4 is 28.6 Å². The SMILES string of the molecule is CC(C)(C)OC(=O)Nc1noc2cc(N)ccc12. The first kappa shape index (κ1) is 12.2. The third kappa shape index (κ3) is 2.71. The fourth-order valence-electron chi connectivity index (χ4n) is 1.44. The summed E-state index contributed by atoms with van der Waals surface area (Å²) in [4.78, 5) is 11.6. The summed E-state index contributed by atoms with van der Waals surface area (Å²) in [5, 5.41) is 6.97. The number of rotatable bonds is 1. The molecule has 0 radical (unpaired) electrons. The summed E-state index contributed by atoms with van der Waals surface area (Å²) in [7, 11) is 0. The van der Waals surface area contributed by atoms with Gasteiger partial charge in [-0.2, -0.15) is 0 Å². The Balaban J connectivity index is 2.20. The molecule has 0 aliphatic rings. The Labute approximate surface area is 104 Å². The Morgan fingerprint density at radius 3 is 2.83 bits per heavy atom. The smallest absolute Gasteiger partial charge is 0.413 e. The van der Waals surface area contributed by atoms with Gasteiger partial charge in [-0.25, -0.2) is 4.79 Å². The minimum atomic E-state index is -0.575. The summed E-state index contributed by atoms with van der Waals surface area (Å²) in [6, 6.07) is 5.08. The van der Waals surface area contributed by atoms with Crippen molar-refractivity contribution in [1.82, 2.24) is 5.16 Å². The van der Waals surface area contributed by atoms with Crippen LogP contribution in [0.3, 0.4) is 0 Å². The van der Waals surface area contributed by atoms with E-state index in [1.807, 2.05) is 0 Å². The van der Waals surface area contributed by atoms with Crippen LogP contribution in [0.4, 0.5) is 16.3 Å². The van der Waals surface area contributed by atoms with Crippen LogP contribution in [0.1, 0.15) is 20.8 Å². The second kappa shape index (κ2) is 4.21. The van der Waals surface area contributed by atoms with Crippen molar-refractivity contribution in [2.75, 3.05) is 11.1 Å². The molecule has 0 aliphatic heterocycles. The molecule has 1 aromatic heterocycles. The molecule has 0 saturated heterocycles. The Bertz CT molecular complexity index is 584. The predicted octanol–water partition coefficient (Wildman–Crippen LogP) is 2.76. The second-order valence-electron chi connectivity index (χ2n) is 4.91. The zero-order chi connectivity index (χ0) is 13.3. The summed E-state index contributed by atoms with van der Waals surface area (Å²) in [6.45, 7) is 5.36. The molecule has 96 valence electrons. The number of ether oxygens (including phenoxy) is 1. The summed E-state index contributed by atoms with van der Waals surface area (Å²) in [5.41, 5.74) is 6.14. The fraction of sp³-hybridized carbons (Fsp3) is 0.333. The van der Waals surface area contributed by atoms with Crippen LogP contribution in [-0.2, 0) is 4.74 Å². The van der Waals surface area contributed by atoms with E-state index in [4.69, 9.17) is 15.0 Å². The van der Waals surface area contributed by atoms with Crippen LogP contribution in [0.15, 0.2) is 22.7 Å². The van der Waals surface area contributed by atoms with E-state index in [9.17, 15) is 4.79 Å². The number of amides is 1. The van der Waals surface area contributed by atoms with Crippen molar-refractivity contribution < 1.29 is 14.1 Å². The third-order valence-corrected chi connectivity index (χ3v) is 2.12. The zero-order valence-electron chi connectivity index (χ0n) is 10.5. The fourth-order valence-corrected chi connectivity index (χ4v) is 1.44. The van der Waals surface area contributed by atoms with Gasteiger partial charge in [0, 0.05) is 11.8 Å². The summed E-state index contributed by atoms with van der Waals surface area (Å²) in [6.07, 6.45) is -0.575. The molecule has 0 saturated carbocycles. The predicted molar refractivity (Wildman–Crippen MR) is 68.3 cm³/mol. The van der Waals surface area contributed by atoms with Gasteiger partial charge in [0.2, 0.25) is 0 Å². The standard InChI is InChI=1S/C12H15N3O3/c1-12(2,3)17-11(16)14-10-8-5-4-7(13)6-9(8)18-15-10/h4-6H,13H2,1-3H3,(H,14,15,16). The lowest BCUT2D eigenvalue weighted by Gasteiger charge is -2.18. The molecule has 0 unspecified atom stereocenters. The topological polar surface area (TPSA) is 90.4 Å². The number of benzene rings is 1. The average Bonchev–Trinajstić information content (AvgIpc) is 2.57. The highest BCUT2D eigenvalue weighted by molar-refractivity contribution is 5.97. The average molecular weight is 249 g/mol. The van der Waals surface area contributed by atoms with E-state index < -0.39 is 11.7 Å². The van der Waals surface area contributed by atoms with Gasteiger partial charge in [-0.15, -0.1) is 0 Å². The van der Waals surface area contributed by atoms with Crippen molar-refractivity contribution in [1.29, 1.82) is 0 Å². The van der Waals surface area contributed by atoms with Gasteiger partial charge in [-0.1, -0.05) is 5.16 Å². The van der Waals surface area contributed by atoms with Gasteiger partial charge >= 0.3 is 6.09 Å². The van der Waals surface area contributed by atoms with Gasteiger partial charge in [0.1, 0.15) is 5.60 Å². The third-order valence-electron chi connectivity index (χ3n) is 2.12. The lowest BCUT2D eigenvalue weighted by Crippen LogP contribution is -2.27. The number of nitrogens with zero attached hydrogens (tertiary/aromatic N) is 1. The van der Waals surface area contributed by atoms with Gasteiger partial charge < -0.3 is 15.0 Å². The minimum Gasteiger partial charge on any atom is -0.444 e. The Morgan fingerprint density at radius 1 is 1.44 bits per heavy atom. The second-order valence-corrected chi connectivity index (χ2v) is 4.91. The number of nitrogen functional groups attached to an aromatic ring is 1. The van der Waals surface area contributed by atoms with Crippen LogP contribution < -0.4 is 11.1 Å². The normalized spacial score (nSPS) is 11.5. The first-order valence-corrected chi connectivity index (χ1v) is 5.50. The van der Waals surface area contributed by atoms with Gasteiger partial charge in [-0.05, 0) is 32.9 Å². The number of nitrogens with one attached hydrogen (secondary N) is 1. The monoisotopic (exact) mass is 249 g/mol. The van der Waals surface area contributed by atoms with E-state index in [1.165, 1.54) is 0 Å². The van der Waals surface area contributed by atoms with E-state index in [-0.39, 0.29) is 0 Å². The maximum absolute atomic E-state index is 11.6. The Kier molecular flexibility index (Phi) is 2.86. The van der Waals surface area contributed by atoms with Crippen LogP contribution >= 0.6 is 0 Å².